The van der Waals surface area contributed by atoms with Crippen molar-refractivity contribution >= 4 is 12.1 Å². The molecule has 2 aromatic carbocycles. The number of hydrogen-bond acceptors (Lipinski definition) is 6. The lowest BCUT2D eigenvalue weighted by Gasteiger charge is -2.22. The van der Waals surface area contributed by atoms with Gasteiger partial charge in [0, 0.05) is 5.56 Å². The molecule has 1 aliphatic heterocycles. The highest BCUT2D eigenvalue weighted by Crippen LogP contribution is 2.31. The second-order valence-electron chi connectivity index (χ2n) is 6.64. The molecule has 0 aliphatic carbocycles. The van der Waals surface area contributed by atoms with Crippen molar-refractivity contribution in [1.82, 2.24) is 5.01 Å². The van der Waals surface area contributed by atoms with Crippen molar-refractivity contribution in [2.75, 3.05) is 42.0 Å². The molecule has 2 atom stereocenters. The van der Waals surface area contributed by atoms with E-state index in [9.17, 15) is 4.79 Å². The molecule has 1 fully saturated rings. The van der Waals surface area contributed by atoms with Crippen LogP contribution < -0.4 is 23.8 Å². The lowest BCUT2D eigenvalue weighted by molar-refractivity contribution is -0.903. The standard InChI is InChI=1S/C21H25N3O5/c1-23-13-20(25)24(21(23)15-7-9-17(27-3)19(11-15)29-5)22-12-14-6-8-16(26-2)18(10-14)28-4/h6-12,21H,13H2,1-5H3/p+1/b22-12-/t21-/m0/s1. The van der Waals surface area contributed by atoms with Crippen molar-refractivity contribution < 1.29 is 28.6 Å². The quantitative estimate of drug-likeness (QED) is 0.705. The molecule has 1 heterocycles. The molecule has 1 N–H and O–H groups in total. The Morgan fingerprint density at radius 3 is 2.14 bits per heavy atom. The van der Waals surface area contributed by atoms with Crippen LogP contribution in [-0.2, 0) is 4.79 Å². The van der Waals surface area contributed by atoms with E-state index in [1.807, 2.05) is 37.4 Å². The van der Waals surface area contributed by atoms with Gasteiger partial charge in [-0.25, -0.2) is 0 Å². The number of methoxy groups -OCH3 is 4. The molecule has 0 aromatic heterocycles. The first-order valence-electron chi connectivity index (χ1n) is 9.14. The summed E-state index contributed by atoms with van der Waals surface area (Å²) in [6.45, 7) is 0.349. The normalized spacial score (nSPS) is 18.9. The summed E-state index contributed by atoms with van der Waals surface area (Å²) in [6, 6.07) is 11.1. The number of rotatable bonds is 7. The van der Waals surface area contributed by atoms with Gasteiger partial charge in [-0.1, -0.05) is 0 Å². The monoisotopic (exact) mass is 400 g/mol. The summed E-state index contributed by atoms with van der Waals surface area (Å²) in [5, 5.41) is 5.99. The lowest BCUT2D eigenvalue weighted by atomic mass is 10.1. The van der Waals surface area contributed by atoms with Crippen molar-refractivity contribution in [2.45, 2.75) is 6.17 Å². The van der Waals surface area contributed by atoms with Crippen LogP contribution >= 0.6 is 0 Å². The second kappa shape index (κ2) is 8.83. The Morgan fingerprint density at radius 1 is 0.931 bits per heavy atom. The molecular formula is C21H26N3O5+. The summed E-state index contributed by atoms with van der Waals surface area (Å²) in [5.74, 6) is 2.43. The fourth-order valence-electron chi connectivity index (χ4n) is 3.41. The van der Waals surface area contributed by atoms with E-state index in [1.165, 1.54) is 5.01 Å². The number of nitrogens with one attached hydrogen (secondary N) is 1. The van der Waals surface area contributed by atoms with Crippen LogP contribution in [0.3, 0.4) is 0 Å². The molecule has 8 nitrogen and oxygen atoms in total. The molecule has 29 heavy (non-hydrogen) atoms. The predicted molar refractivity (Wildman–Crippen MR) is 108 cm³/mol. The van der Waals surface area contributed by atoms with Crippen molar-refractivity contribution in [3.8, 4) is 23.0 Å². The largest absolute Gasteiger partial charge is 0.493 e. The first kappa shape index (κ1) is 20.5. The van der Waals surface area contributed by atoms with Gasteiger partial charge in [-0.05, 0) is 42.0 Å². The van der Waals surface area contributed by atoms with Crippen molar-refractivity contribution in [2.24, 2.45) is 5.10 Å². The topological polar surface area (TPSA) is 74.0 Å². The fourth-order valence-corrected chi connectivity index (χ4v) is 3.41. The van der Waals surface area contributed by atoms with E-state index in [1.54, 1.807) is 40.7 Å². The minimum Gasteiger partial charge on any atom is -0.493 e. The lowest BCUT2D eigenvalue weighted by Crippen LogP contribution is -3.08. The summed E-state index contributed by atoms with van der Waals surface area (Å²) >= 11 is 0. The molecule has 2 aromatic rings. The molecule has 0 bridgehead atoms. The Bertz CT molecular complexity index is 915. The van der Waals surface area contributed by atoms with Gasteiger partial charge in [0.25, 0.3) is 0 Å². The SMILES string of the molecule is COc1ccc(/C=N\N2C(=O)C[NH+](C)[C@@H]2c2ccc(OC)c(OC)c2)cc1OC. The zero-order chi connectivity index (χ0) is 21.0. The third-order valence-electron chi connectivity index (χ3n) is 4.86. The molecule has 0 spiro atoms. The predicted octanol–water partition coefficient (Wildman–Crippen LogP) is 1.11. The van der Waals surface area contributed by atoms with Crippen LogP contribution in [0.25, 0.3) is 0 Å². The van der Waals surface area contributed by atoms with Gasteiger partial charge >= 0.3 is 5.91 Å². The summed E-state index contributed by atoms with van der Waals surface area (Å²) < 4.78 is 21.3. The van der Waals surface area contributed by atoms with Gasteiger partial charge in [0.05, 0.1) is 41.7 Å². The van der Waals surface area contributed by atoms with Gasteiger partial charge in [0.2, 0.25) is 6.17 Å². The number of ether oxygens (including phenoxy) is 4. The first-order chi connectivity index (χ1) is 14.0. The Hall–Kier alpha value is -3.26. The van der Waals surface area contributed by atoms with Gasteiger partial charge in [-0.15, -0.1) is 0 Å². The number of hydrazone groups is 1. The fraction of sp³-hybridized carbons (Fsp3) is 0.333. The van der Waals surface area contributed by atoms with Crippen molar-refractivity contribution in [1.29, 1.82) is 0 Å². The van der Waals surface area contributed by atoms with Gasteiger partial charge in [0.15, 0.2) is 29.5 Å². The molecule has 1 amide bonds. The molecule has 3 rings (SSSR count). The molecular weight excluding hydrogens is 374 g/mol. The molecule has 1 saturated heterocycles. The van der Waals surface area contributed by atoms with Crippen LogP contribution in [-0.4, -0.2) is 59.2 Å². The zero-order valence-corrected chi connectivity index (χ0v) is 17.3. The number of carbonyl (C=O) groups excluding carboxylic acids is 1. The highest BCUT2D eigenvalue weighted by atomic mass is 16.5. The average Bonchev–Trinajstić information content (AvgIpc) is 3.04. The molecule has 1 aliphatic rings. The van der Waals surface area contributed by atoms with Crippen LogP contribution in [0.5, 0.6) is 23.0 Å². The third kappa shape index (κ3) is 4.12. The van der Waals surface area contributed by atoms with Gasteiger partial charge in [-0.2, -0.15) is 10.1 Å². The molecule has 154 valence electrons. The Balaban J connectivity index is 1.91. The van der Waals surface area contributed by atoms with E-state index in [-0.39, 0.29) is 12.1 Å². The maximum Gasteiger partial charge on any atom is 0.303 e. The number of carbonyl (C=O) groups is 1. The van der Waals surface area contributed by atoms with E-state index >= 15 is 0 Å². The summed E-state index contributed by atoms with van der Waals surface area (Å²) in [7, 11) is 8.30. The van der Waals surface area contributed by atoms with Crippen LogP contribution in [0.4, 0.5) is 0 Å². The average molecular weight is 400 g/mol. The van der Waals surface area contributed by atoms with Crippen LogP contribution in [0.15, 0.2) is 41.5 Å². The van der Waals surface area contributed by atoms with Gasteiger partial charge in [-0.3, -0.25) is 4.79 Å². The molecule has 0 saturated carbocycles. The summed E-state index contributed by atoms with van der Waals surface area (Å²) in [4.78, 5) is 13.6. The minimum atomic E-state index is -0.265. The van der Waals surface area contributed by atoms with E-state index in [2.05, 4.69) is 5.10 Å². The molecule has 1 unspecified atom stereocenters. The molecule has 8 heteroatoms. The van der Waals surface area contributed by atoms with Gasteiger partial charge in [0.1, 0.15) is 0 Å². The third-order valence-corrected chi connectivity index (χ3v) is 4.86. The molecule has 0 radical (unpaired) electrons. The number of hydrogen-bond donors (Lipinski definition) is 1. The van der Waals surface area contributed by atoms with Crippen molar-refractivity contribution in [3.05, 3.63) is 47.5 Å². The highest BCUT2D eigenvalue weighted by Gasteiger charge is 2.41. The number of quaternary nitrogens is 1. The van der Waals surface area contributed by atoms with E-state index < -0.39 is 0 Å². The Morgan fingerprint density at radius 2 is 1.52 bits per heavy atom. The second-order valence-corrected chi connectivity index (χ2v) is 6.64. The maximum atomic E-state index is 12.6. The number of benzene rings is 2. The number of likely N-dealkylation sites (N-methyl/N-ethyl adjacent to an activating group) is 1. The first-order valence-corrected chi connectivity index (χ1v) is 9.14. The van der Waals surface area contributed by atoms with Crippen LogP contribution in [0, 0.1) is 0 Å². The van der Waals surface area contributed by atoms with Crippen LogP contribution in [0.2, 0.25) is 0 Å². The zero-order valence-electron chi connectivity index (χ0n) is 17.3. The van der Waals surface area contributed by atoms with Crippen LogP contribution in [0.1, 0.15) is 17.3 Å². The van der Waals surface area contributed by atoms with E-state index in [0.717, 1.165) is 16.0 Å². The highest BCUT2D eigenvalue weighted by molar-refractivity contribution is 5.84. The van der Waals surface area contributed by atoms with Crippen molar-refractivity contribution in [3.63, 3.8) is 0 Å². The van der Waals surface area contributed by atoms with Gasteiger partial charge < -0.3 is 23.8 Å². The summed E-state index contributed by atoms with van der Waals surface area (Å²) in [6.07, 6.45) is 1.38. The maximum absolute atomic E-state index is 12.6. The number of nitrogens with zero attached hydrogens (tertiary/aromatic N) is 2. The Kier molecular flexibility index (Phi) is 6.23. The minimum absolute atomic E-state index is 0.0565. The Labute approximate surface area is 170 Å². The van der Waals surface area contributed by atoms with E-state index in [0.29, 0.717) is 29.5 Å². The smallest absolute Gasteiger partial charge is 0.303 e. The summed E-state index contributed by atoms with van der Waals surface area (Å²) in [5.41, 5.74) is 1.71. The van der Waals surface area contributed by atoms with E-state index in [4.69, 9.17) is 18.9 Å². The number of amides is 1.